The van der Waals surface area contributed by atoms with E-state index in [1.807, 2.05) is 19.3 Å². The second-order valence-electron chi connectivity index (χ2n) is 4.59. The molecule has 18 heavy (non-hydrogen) atoms. The predicted octanol–water partition coefficient (Wildman–Crippen LogP) is 3.90. The van der Waals surface area contributed by atoms with E-state index in [0.29, 0.717) is 12.0 Å². The second kappa shape index (κ2) is 5.11. The molecule has 1 N–H and O–H groups in total. The van der Waals surface area contributed by atoms with Gasteiger partial charge < -0.3 is 5.32 Å². The number of likely N-dealkylation sites (N-methyl/N-ethyl adjacent to an activating group) is 1. The minimum atomic E-state index is 0.357. The lowest BCUT2D eigenvalue weighted by atomic mass is 9.95. The van der Waals surface area contributed by atoms with Gasteiger partial charge in [-0.3, -0.25) is 4.98 Å². The minimum absolute atomic E-state index is 0.357. The van der Waals surface area contributed by atoms with Gasteiger partial charge in [0.25, 0.3) is 0 Å². The first kappa shape index (κ1) is 12.3. The van der Waals surface area contributed by atoms with Crippen LogP contribution in [0.5, 0.6) is 0 Å². The van der Waals surface area contributed by atoms with Gasteiger partial charge in [-0.2, -0.15) is 0 Å². The van der Waals surface area contributed by atoms with Crippen molar-refractivity contribution < 1.29 is 0 Å². The summed E-state index contributed by atoms with van der Waals surface area (Å²) >= 11 is 5.45. The molecule has 0 aliphatic heterocycles. The number of nitrogens with one attached hydrogen (secondary N) is 1. The Kier molecular flexibility index (Phi) is 3.50. The van der Waals surface area contributed by atoms with Crippen LogP contribution in [0.4, 0.5) is 0 Å². The molecule has 0 spiro atoms. The second-order valence-corrected chi connectivity index (χ2v) is 6.39. The van der Waals surface area contributed by atoms with E-state index in [9.17, 15) is 0 Å². The molecule has 3 rings (SSSR count). The standard InChI is InChI=1S/C14H15BrN2S/c1-16-13(14-11(15)6-8-18-14)10-5-4-9-3-2-7-17-12(9)10/h2-3,6-8,10,13,16H,4-5H2,1H3. The van der Waals surface area contributed by atoms with Crippen LogP contribution in [0, 0.1) is 0 Å². The fraction of sp³-hybridized carbons (Fsp3) is 0.357. The van der Waals surface area contributed by atoms with Crippen molar-refractivity contribution in [3.05, 3.63) is 50.4 Å². The number of hydrogen-bond donors (Lipinski definition) is 1. The maximum Gasteiger partial charge on any atom is 0.0508 e. The Hall–Kier alpha value is -0.710. The van der Waals surface area contributed by atoms with Gasteiger partial charge in [-0.15, -0.1) is 11.3 Å². The Balaban J connectivity index is 1.98. The lowest BCUT2D eigenvalue weighted by Gasteiger charge is -2.22. The van der Waals surface area contributed by atoms with Crippen LogP contribution in [0.1, 0.15) is 34.5 Å². The van der Waals surface area contributed by atoms with E-state index in [2.05, 4.69) is 43.7 Å². The monoisotopic (exact) mass is 322 g/mol. The molecule has 2 aromatic heterocycles. The largest absolute Gasteiger partial charge is 0.312 e. The van der Waals surface area contributed by atoms with Crippen molar-refractivity contribution >= 4 is 27.3 Å². The van der Waals surface area contributed by atoms with E-state index in [4.69, 9.17) is 0 Å². The lowest BCUT2D eigenvalue weighted by Crippen LogP contribution is -2.22. The van der Waals surface area contributed by atoms with Gasteiger partial charge in [0.15, 0.2) is 0 Å². The molecule has 0 saturated heterocycles. The van der Waals surface area contributed by atoms with Crippen LogP contribution in [-0.4, -0.2) is 12.0 Å². The SMILES string of the molecule is CNC(c1sccc1Br)C1CCc2cccnc21. The molecule has 1 aliphatic rings. The van der Waals surface area contributed by atoms with Crippen molar-refractivity contribution in [2.75, 3.05) is 7.05 Å². The van der Waals surface area contributed by atoms with Crippen LogP contribution in [0.3, 0.4) is 0 Å². The zero-order chi connectivity index (χ0) is 12.5. The summed E-state index contributed by atoms with van der Waals surface area (Å²) in [5, 5.41) is 5.61. The highest BCUT2D eigenvalue weighted by atomic mass is 79.9. The third kappa shape index (κ3) is 2.02. The van der Waals surface area contributed by atoms with Gasteiger partial charge in [-0.1, -0.05) is 6.07 Å². The highest BCUT2D eigenvalue weighted by Gasteiger charge is 2.32. The molecule has 0 aromatic carbocycles. The summed E-state index contributed by atoms with van der Waals surface area (Å²) in [7, 11) is 2.04. The molecular formula is C14H15BrN2S. The summed E-state index contributed by atoms with van der Waals surface area (Å²) in [4.78, 5) is 5.97. The molecule has 4 heteroatoms. The van der Waals surface area contributed by atoms with Gasteiger partial charge in [0.1, 0.15) is 0 Å². The summed E-state index contributed by atoms with van der Waals surface area (Å²) in [6.07, 6.45) is 4.24. The molecule has 0 saturated carbocycles. The number of pyridine rings is 1. The Labute approximate surface area is 120 Å². The molecule has 2 heterocycles. The fourth-order valence-electron chi connectivity index (χ4n) is 2.81. The van der Waals surface area contributed by atoms with Gasteiger partial charge in [0.2, 0.25) is 0 Å². The van der Waals surface area contributed by atoms with Crippen LogP contribution >= 0.6 is 27.3 Å². The van der Waals surface area contributed by atoms with Crippen LogP contribution in [0.25, 0.3) is 0 Å². The number of aromatic nitrogens is 1. The third-order valence-electron chi connectivity index (χ3n) is 3.64. The quantitative estimate of drug-likeness (QED) is 0.927. The fourth-order valence-corrected chi connectivity index (χ4v) is 4.60. The van der Waals surface area contributed by atoms with Crippen molar-refractivity contribution in [2.45, 2.75) is 24.8 Å². The smallest absolute Gasteiger partial charge is 0.0508 e. The number of thiophene rings is 1. The van der Waals surface area contributed by atoms with Crippen molar-refractivity contribution in [2.24, 2.45) is 0 Å². The summed E-state index contributed by atoms with van der Waals surface area (Å²) < 4.78 is 1.20. The van der Waals surface area contributed by atoms with Crippen LogP contribution < -0.4 is 5.32 Å². The average molecular weight is 323 g/mol. The molecular weight excluding hydrogens is 308 g/mol. The van der Waals surface area contributed by atoms with Gasteiger partial charge in [0, 0.05) is 27.2 Å². The Bertz CT molecular complexity index is 552. The first-order chi connectivity index (χ1) is 8.81. The highest BCUT2D eigenvalue weighted by Crippen LogP contribution is 2.43. The molecule has 2 atom stereocenters. The van der Waals surface area contributed by atoms with Crippen molar-refractivity contribution in [3.63, 3.8) is 0 Å². The highest BCUT2D eigenvalue weighted by molar-refractivity contribution is 9.10. The van der Waals surface area contributed by atoms with E-state index in [-0.39, 0.29) is 0 Å². The van der Waals surface area contributed by atoms with E-state index < -0.39 is 0 Å². The maximum absolute atomic E-state index is 4.60. The first-order valence-corrected chi connectivity index (χ1v) is 7.82. The lowest BCUT2D eigenvalue weighted by molar-refractivity contribution is 0.475. The molecule has 94 valence electrons. The normalized spacial score (nSPS) is 19.8. The zero-order valence-corrected chi connectivity index (χ0v) is 12.6. The van der Waals surface area contributed by atoms with Gasteiger partial charge in [0.05, 0.1) is 6.04 Å². The maximum atomic E-state index is 4.60. The summed E-state index contributed by atoms with van der Waals surface area (Å²) in [6, 6.07) is 6.73. The number of rotatable bonds is 3. The number of hydrogen-bond acceptors (Lipinski definition) is 3. The van der Waals surface area contributed by atoms with Gasteiger partial charge >= 0.3 is 0 Å². The Morgan fingerprint density at radius 1 is 1.50 bits per heavy atom. The molecule has 1 aliphatic carbocycles. The topological polar surface area (TPSA) is 24.9 Å². The number of aryl methyl sites for hydroxylation is 1. The molecule has 2 nitrogen and oxygen atoms in total. The first-order valence-electron chi connectivity index (χ1n) is 6.15. The van der Waals surface area contributed by atoms with Gasteiger partial charge in [-0.05, 0) is 58.9 Å². The van der Waals surface area contributed by atoms with Crippen LogP contribution in [0.2, 0.25) is 0 Å². The van der Waals surface area contributed by atoms with E-state index in [0.717, 1.165) is 6.42 Å². The van der Waals surface area contributed by atoms with E-state index >= 15 is 0 Å². The molecule has 0 radical (unpaired) electrons. The summed E-state index contributed by atoms with van der Waals surface area (Å²) in [5.41, 5.74) is 2.69. The number of nitrogens with zero attached hydrogens (tertiary/aromatic N) is 1. The zero-order valence-electron chi connectivity index (χ0n) is 10.2. The van der Waals surface area contributed by atoms with Crippen LogP contribution in [-0.2, 0) is 6.42 Å². The average Bonchev–Trinajstić information content (AvgIpc) is 2.99. The summed E-state index contributed by atoms with van der Waals surface area (Å²) in [6.45, 7) is 0. The van der Waals surface area contributed by atoms with Crippen molar-refractivity contribution in [3.8, 4) is 0 Å². The van der Waals surface area contributed by atoms with Crippen LogP contribution in [0.15, 0.2) is 34.2 Å². The van der Waals surface area contributed by atoms with E-state index in [1.54, 1.807) is 11.3 Å². The molecule has 0 bridgehead atoms. The Morgan fingerprint density at radius 3 is 3.11 bits per heavy atom. The van der Waals surface area contributed by atoms with E-state index in [1.165, 1.54) is 27.0 Å². The number of fused-ring (bicyclic) bond motifs is 1. The third-order valence-corrected chi connectivity index (χ3v) is 5.60. The van der Waals surface area contributed by atoms with Crippen molar-refractivity contribution in [1.82, 2.24) is 10.3 Å². The molecule has 0 amide bonds. The number of halogens is 1. The molecule has 2 aromatic rings. The summed E-state index contributed by atoms with van der Waals surface area (Å²) in [5.74, 6) is 0.487. The molecule has 0 fully saturated rings. The minimum Gasteiger partial charge on any atom is -0.312 e. The predicted molar refractivity (Wildman–Crippen MR) is 79.1 cm³/mol. The van der Waals surface area contributed by atoms with Crippen molar-refractivity contribution in [1.29, 1.82) is 0 Å². The Morgan fingerprint density at radius 2 is 2.39 bits per heavy atom. The molecule has 2 unspecified atom stereocenters. The van der Waals surface area contributed by atoms with Gasteiger partial charge in [-0.25, -0.2) is 0 Å².